The molecular weight excluding hydrogens is 296 g/mol. The molecule has 0 aromatic carbocycles. The third kappa shape index (κ3) is 2.64. The second kappa shape index (κ2) is 5.78. The highest BCUT2D eigenvalue weighted by Crippen LogP contribution is 2.32. The number of pyridine rings is 1. The minimum atomic E-state index is 0.0897. The van der Waals surface area contributed by atoms with E-state index in [1.54, 1.807) is 5.51 Å². The molecule has 2 saturated heterocycles. The van der Waals surface area contributed by atoms with Crippen LogP contribution >= 0.6 is 11.3 Å². The highest BCUT2D eigenvalue weighted by Gasteiger charge is 2.41. The zero-order valence-electron chi connectivity index (χ0n) is 12.3. The Morgan fingerprint density at radius 1 is 1.18 bits per heavy atom. The normalized spacial score (nSPS) is 24.6. The lowest BCUT2D eigenvalue weighted by Crippen LogP contribution is -2.33. The highest BCUT2D eigenvalue weighted by atomic mass is 32.1. The molecular formula is C16H18N4OS. The van der Waals surface area contributed by atoms with Crippen LogP contribution < -0.4 is 0 Å². The molecule has 114 valence electrons. The zero-order valence-corrected chi connectivity index (χ0v) is 13.1. The maximum atomic E-state index is 12.4. The van der Waals surface area contributed by atoms with E-state index in [0.29, 0.717) is 17.5 Å². The van der Waals surface area contributed by atoms with Crippen molar-refractivity contribution >= 4 is 17.2 Å². The van der Waals surface area contributed by atoms with E-state index in [1.807, 2.05) is 28.6 Å². The van der Waals surface area contributed by atoms with Crippen LogP contribution in [0.2, 0.25) is 0 Å². The minimum absolute atomic E-state index is 0.0897. The van der Waals surface area contributed by atoms with E-state index in [1.165, 1.54) is 11.3 Å². The molecule has 0 N–H and O–H groups in total. The van der Waals surface area contributed by atoms with Crippen molar-refractivity contribution in [3.63, 3.8) is 0 Å². The Kier molecular flexibility index (Phi) is 3.63. The van der Waals surface area contributed by atoms with Crippen molar-refractivity contribution < 1.29 is 4.79 Å². The number of amides is 1. The fraction of sp³-hybridized carbons (Fsp3) is 0.438. The Morgan fingerprint density at radius 2 is 2.00 bits per heavy atom. The van der Waals surface area contributed by atoms with Crippen molar-refractivity contribution in [2.24, 2.45) is 11.8 Å². The molecule has 5 nitrogen and oxygen atoms in total. The molecule has 0 spiro atoms. The predicted molar refractivity (Wildman–Crippen MR) is 84.5 cm³/mol. The van der Waals surface area contributed by atoms with Gasteiger partial charge in [-0.3, -0.25) is 14.7 Å². The SMILES string of the molecule is O=C(c1cscn1)N1C[C@@H]2CN(Cc3ccccn3)C[C@H]2C1. The average Bonchev–Trinajstić information content (AvgIpc) is 3.23. The van der Waals surface area contributed by atoms with Crippen molar-refractivity contribution in [1.82, 2.24) is 19.8 Å². The maximum Gasteiger partial charge on any atom is 0.273 e. The second-order valence-corrected chi connectivity index (χ2v) is 6.84. The molecule has 0 bridgehead atoms. The summed E-state index contributed by atoms with van der Waals surface area (Å²) >= 11 is 1.48. The summed E-state index contributed by atoms with van der Waals surface area (Å²) in [5.41, 5.74) is 3.44. The van der Waals surface area contributed by atoms with E-state index in [-0.39, 0.29) is 5.91 Å². The van der Waals surface area contributed by atoms with Gasteiger partial charge < -0.3 is 4.90 Å². The molecule has 2 aromatic rings. The van der Waals surface area contributed by atoms with Crippen LogP contribution in [-0.4, -0.2) is 51.9 Å². The average molecular weight is 314 g/mol. The van der Waals surface area contributed by atoms with Crippen LogP contribution in [-0.2, 0) is 6.54 Å². The number of hydrogen-bond acceptors (Lipinski definition) is 5. The molecule has 0 radical (unpaired) electrons. The van der Waals surface area contributed by atoms with Crippen LogP contribution in [0.25, 0.3) is 0 Å². The molecule has 2 aromatic heterocycles. The first-order valence-electron chi connectivity index (χ1n) is 7.59. The topological polar surface area (TPSA) is 49.3 Å². The number of likely N-dealkylation sites (tertiary alicyclic amines) is 2. The minimum Gasteiger partial charge on any atom is -0.337 e. The first kappa shape index (κ1) is 13.8. The first-order chi connectivity index (χ1) is 10.8. The van der Waals surface area contributed by atoms with Crippen molar-refractivity contribution in [2.45, 2.75) is 6.54 Å². The summed E-state index contributed by atoms with van der Waals surface area (Å²) in [6.45, 7) is 4.75. The lowest BCUT2D eigenvalue weighted by molar-refractivity contribution is 0.0768. The molecule has 6 heteroatoms. The molecule has 4 rings (SSSR count). The van der Waals surface area contributed by atoms with Gasteiger partial charge in [0, 0.05) is 44.3 Å². The van der Waals surface area contributed by atoms with Gasteiger partial charge in [0.05, 0.1) is 11.2 Å². The molecule has 2 aliphatic heterocycles. The Morgan fingerprint density at radius 3 is 2.64 bits per heavy atom. The summed E-state index contributed by atoms with van der Waals surface area (Å²) in [7, 11) is 0. The molecule has 0 aliphatic carbocycles. The standard InChI is InChI=1S/C16H18N4OS/c21-16(15-10-22-11-18-15)20-7-12-5-19(6-13(12)8-20)9-14-3-1-2-4-17-14/h1-4,10-13H,5-9H2/t12-,13-/m0/s1. The summed E-state index contributed by atoms with van der Waals surface area (Å²) in [6, 6.07) is 6.06. The summed E-state index contributed by atoms with van der Waals surface area (Å²) in [5, 5.41) is 1.84. The van der Waals surface area contributed by atoms with Crippen LogP contribution in [0.3, 0.4) is 0 Å². The van der Waals surface area contributed by atoms with Gasteiger partial charge in [0.25, 0.3) is 5.91 Å². The Hall–Kier alpha value is -1.79. The predicted octanol–water partition coefficient (Wildman–Crippen LogP) is 1.74. The fourth-order valence-electron chi connectivity index (χ4n) is 3.59. The number of nitrogens with zero attached hydrogens (tertiary/aromatic N) is 4. The largest absolute Gasteiger partial charge is 0.337 e. The lowest BCUT2D eigenvalue weighted by Gasteiger charge is -2.20. The maximum absolute atomic E-state index is 12.4. The molecule has 22 heavy (non-hydrogen) atoms. The van der Waals surface area contributed by atoms with Crippen LogP contribution in [0.1, 0.15) is 16.2 Å². The van der Waals surface area contributed by atoms with Gasteiger partial charge in [0.15, 0.2) is 0 Å². The molecule has 2 fully saturated rings. The number of aromatic nitrogens is 2. The number of carbonyl (C=O) groups is 1. The number of rotatable bonds is 3. The van der Waals surface area contributed by atoms with E-state index in [0.717, 1.165) is 38.4 Å². The molecule has 2 aliphatic rings. The van der Waals surface area contributed by atoms with Crippen molar-refractivity contribution in [3.05, 3.63) is 46.7 Å². The second-order valence-electron chi connectivity index (χ2n) is 6.12. The molecule has 0 saturated carbocycles. The fourth-order valence-corrected chi connectivity index (χ4v) is 4.11. The number of carbonyl (C=O) groups excluding carboxylic acids is 1. The van der Waals surface area contributed by atoms with Crippen LogP contribution in [0.15, 0.2) is 35.3 Å². The Bertz CT molecular complexity index is 631. The molecule has 1 amide bonds. The van der Waals surface area contributed by atoms with Gasteiger partial charge in [-0.1, -0.05) is 6.07 Å². The number of fused-ring (bicyclic) bond motifs is 1. The van der Waals surface area contributed by atoms with Crippen molar-refractivity contribution in [1.29, 1.82) is 0 Å². The van der Waals surface area contributed by atoms with Gasteiger partial charge in [-0.05, 0) is 24.0 Å². The van der Waals surface area contributed by atoms with Gasteiger partial charge in [0.2, 0.25) is 0 Å². The van der Waals surface area contributed by atoms with Crippen molar-refractivity contribution in [3.8, 4) is 0 Å². The highest BCUT2D eigenvalue weighted by molar-refractivity contribution is 7.07. The van der Waals surface area contributed by atoms with Crippen molar-refractivity contribution in [2.75, 3.05) is 26.2 Å². The van der Waals surface area contributed by atoms with Gasteiger partial charge in [0.1, 0.15) is 5.69 Å². The van der Waals surface area contributed by atoms with E-state index in [4.69, 9.17) is 0 Å². The third-order valence-corrected chi connectivity index (χ3v) is 5.20. The number of thiazole rings is 1. The van der Waals surface area contributed by atoms with E-state index in [2.05, 4.69) is 20.9 Å². The van der Waals surface area contributed by atoms with E-state index >= 15 is 0 Å². The summed E-state index contributed by atoms with van der Waals surface area (Å²) in [6.07, 6.45) is 1.85. The van der Waals surface area contributed by atoms with Gasteiger partial charge in [-0.15, -0.1) is 11.3 Å². The molecule has 0 unspecified atom stereocenters. The van der Waals surface area contributed by atoms with Gasteiger partial charge >= 0.3 is 0 Å². The molecule has 4 heterocycles. The molecule has 2 atom stereocenters. The van der Waals surface area contributed by atoms with Gasteiger partial charge in [-0.25, -0.2) is 4.98 Å². The summed E-state index contributed by atoms with van der Waals surface area (Å²) < 4.78 is 0. The Balaban J connectivity index is 1.36. The van der Waals surface area contributed by atoms with Crippen LogP contribution in [0.4, 0.5) is 0 Å². The van der Waals surface area contributed by atoms with Crippen LogP contribution in [0.5, 0.6) is 0 Å². The lowest BCUT2D eigenvalue weighted by atomic mass is 10.0. The van der Waals surface area contributed by atoms with Crippen LogP contribution in [0, 0.1) is 11.8 Å². The monoisotopic (exact) mass is 314 g/mol. The van der Waals surface area contributed by atoms with Gasteiger partial charge in [-0.2, -0.15) is 0 Å². The smallest absolute Gasteiger partial charge is 0.273 e. The Labute approximate surface area is 133 Å². The van der Waals surface area contributed by atoms with E-state index < -0.39 is 0 Å². The quantitative estimate of drug-likeness (QED) is 0.866. The summed E-state index contributed by atoms with van der Waals surface area (Å²) in [5.74, 6) is 1.27. The first-order valence-corrected chi connectivity index (χ1v) is 8.53. The number of hydrogen-bond donors (Lipinski definition) is 0. The zero-order chi connectivity index (χ0) is 14.9. The van der Waals surface area contributed by atoms with E-state index in [9.17, 15) is 4.79 Å². The summed E-state index contributed by atoms with van der Waals surface area (Å²) in [4.78, 5) is 25.3. The third-order valence-electron chi connectivity index (χ3n) is 4.61.